The summed E-state index contributed by atoms with van der Waals surface area (Å²) in [6.45, 7) is 3.50. The Balaban J connectivity index is 1.32. The summed E-state index contributed by atoms with van der Waals surface area (Å²) in [6, 6.07) is 23.9. The molecule has 50 heavy (non-hydrogen) atoms. The SMILES string of the molecule is FC(F)(F)c1ccc(N(c2ccccc2)c2ccc3c(c2)C(CCCOCC2CO2)(CCCOCC2CO2)c2ccccc2-3)c(C(F)(F)F)c1. The van der Waals surface area contributed by atoms with Crippen molar-refractivity contribution >= 4 is 17.1 Å². The van der Waals surface area contributed by atoms with Gasteiger partial charge in [-0.3, -0.25) is 0 Å². The molecule has 3 aliphatic rings. The smallest absolute Gasteiger partial charge is 0.379 e. The molecule has 4 aromatic rings. The Bertz CT molecular complexity index is 1760. The summed E-state index contributed by atoms with van der Waals surface area (Å²) in [6.07, 6.45) is -6.86. The van der Waals surface area contributed by atoms with Crippen LogP contribution >= 0.6 is 0 Å². The van der Waals surface area contributed by atoms with Crippen molar-refractivity contribution in [2.75, 3.05) is 44.5 Å². The first-order valence-electron chi connectivity index (χ1n) is 16.8. The fourth-order valence-electron chi connectivity index (χ4n) is 7.09. The van der Waals surface area contributed by atoms with Crippen LogP contribution in [0.3, 0.4) is 0 Å². The molecule has 2 atom stereocenters. The maximum absolute atomic E-state index is 14.6. The van der Waals surface area contributed by atoms with E-state index in [1.54, 1.807) is 36.4 Å². The van der Waals surface area contributed by atoms with Crippen LogP contribution in [0.5, 0.6) is 0 Å². The van der Waals surface area contributed by atoms with Gasteiger partial charge in [-0.05, 0) is 90.4 Å². The summed E-state index contributed by atoms with van der Waals surface area (Å²) in [5, 5.41) is 0. The molecule has 1 aliphatic carbocycles. The number of nitrogens with zero attached hydrogens (tertiary/aromatic N) is 1. The molecule has 0 N–H and O–H groups in total. The number of hydrogen-bond acceptors (Lipinski definition) is 5. The van der Waals surface area contributed by atoms with E-state index in [4.69, 9.17) is 18.9 Å². The lowest BCUT2D eigenvalue weighted by atomic mass is 9.71. The van der Waals surface area contributed by atoms with Gasteiger partial charge in [-0.1, -0.05) is 48.5 Å². The second-order valence-electron chi connectivity index (χ2n) is 13.0. The van der Waals surface area contributed by atoms with Crippen molar-refractivity contribution in [3.63, 3.8) is 0 Å². The molecule has 11 heteroatoms. The molecule has 2 heterocycles. The van der Waals surface area contributed by atoms with Gasteiger partial charge in [-0.15, -0.1) is 0 Å². The van der Waals surface area contributed by atoms with Crippen LogP contribution in [0.4, 0.5) is 43.4 Å². The number of epoxide rings is 2. The van der Waals surface area contributed by atoms with Crippen LogP contribution in [0.1, 0.15) is 47.9 Å². The van der Waals surface area contributed by atoms with E-state index in [9.17, 15) is 26.3 Å². The van der Waals surface area contributed by atoms with Gasteiger partial charge in [0.05, 0.1) is 43.2 Å². The number of rotatable bonds is 15. The Kier molecular flexibility index (Phi) is 9.69. The maximum Gasteiger partial charge on any atom is 0.418 e. The number of halogens is 6. The molecule has 5 nitrogen and oxygen atoms in total. The molecule has 0 bridgehead atoms. The van der Waals surface area contributed by atoms with Crippen LogP contribution in [0.25, 0.3) is 11.1 Å². The van der Waals surface area contributed by atoms with E-state index in [0.29, 0.717) is 69.9 Å². The summed E-state index contributed by atoms with van der Waals surface area (Å²) in [4.78, 5) is 1.40. The van der Waals surface area contributed by atoms with E-state index in [0.717, 1.165) is 41.2 Å². The van der Waals surface area contributed by atoms with E-state index in [-0.39, 0.29) is 18.3 Å². The number of para-hydroxylation sites is 1. The molecule has 0 saturated carbocycles. The molecule has 7 rings (SSSR count). The van der Waals surface area contributed by atoms with Gasteiger partial charge in [0.25, 0.3) is 0 Å². The van der Waals surface area contributed by atoms with E-state index in [1.165, 1.54) is 4.90 Å². The van der Waals surface area contributed by atoms with E-state index in [1.807, 2.05) is 24.3 Å². The van der Waals surface area contributed by atoms with Gasteiger partial charge in [0.2, 0.25) is 0 Å². The first kappa shape index (κ1) is 34.5. The number of fused-ring (bicyclic) bond motifs is 3. The third-order valence-corrected chi connectivity index (χ3v) is 9.59. The highest BCUT2D eigenvalue weighted by Crippen LogP contribution is 2.55. The first-order chi connectivity index (χ1) is 24.0. The predicted octanol–water partition coefficient (Wildman–Crippen LogP) is 9.85. The van der Waals surface area contributed by atoms with Crippen molar-refractivity contribution in [3.8, 4) is 11.1 Å². The number of alkyl halides is 6. The van der Waals surface area contributed by atoms with Crippen LogP contribution < -0.4 is 4.90 Å². The van der Waals surface area contributed by atoms with Crippen molar-refractivity contribution < 1.29 is 45.3 Å². The van der Waals surface area contributed by atoms with Gasteiger partial charge in [-0.2, -0.15) is 26.3 Å². The number of anilines is 3. The van der Waals surface area contributed by atoms with E-state index < -0.39 is 34.6 Å². The third-order valence-electron chi connectivity index (χ3n) is 9.59. The molecule has 0 aromatic heterocycles. The average Bonchev–Trinajstić information content (AvgIpc) is 4.04. The lowest BCUT2D eigenvalue weighted by molar-refractivity contribution is -0.142. The Morgan fingerprint density at radius 2 is 1.24 bits per heavy atom. The van der Waals surface area contributed by atoms with Crippen LogP contribution in [0.15, 0.2) is 91.0 Å². The molecule has 0 radical (unpaired) electrons. The van der Waals surface area contributed by atoms with Crippen LogP contribution in [0.2, 0.25) is 0 Å². The number of hydrogen-bond donors (Lipinski definition) is 0. The molecule has 2 aliphatic heterocycles. The molecule has 264 valence electrons. The fraction of sp³-hybridized carbons (Fsp3) is 0.385. The summed E-state index contributed by atoms with van der Waals surface area (Å²) in [5.74, 6) is 0. The Hall–Kier alpha value is -3.90. The molecular weight excluding hydrogens is 660 g/mol. The lowest BCUT2D eigenvalue weighted by Crippen LogP contribution is -2.27. The first-order valence-corrected chi connectivity index (χ1v) is 16.8. The van der Waals surface area contributed by atoms with Gasteiger partial charge >= 0.3 is 12.4 Å². The topological polar surface area (TPSA) is 46.8 Å². The summed E-state index contributed by atoms with van der Waals surface area (Å²) >= 11 is 0. The zero-order valence-electron chi connectivity index (χ0n) is 27.2. The molecule has 2 fully saturated rings. The van der Waals surface area contributed by atoms with Crippen molar-refractivity contribution in [1.82, 2.24) is 0 Å². The second-order valence-corrected chi connectivity index (χ2v) is 13.0. The minimum absolute atomic E-state index is 0.141. The number of benzene rings is 4. The molecular formula is C39H37F6NO4. The zero-order valence-corrected chi connectivity index (χ0v) is 27.2. The van der Waals surface area contributed by atoms with Crippen LogP contribution in [0, 0.1) is 0 Å². The van der Waals surface area contributed by atoms with Gasteiger partial charge in [0.15, 0.2) is 0 Å². The number of ether oxygens (including phenoxy) is 4. The Morgan fingerprint density at radius 1 is 0.640 bits per heavy atom. The highest BCUT2D eigenvalue weighted by molar-refractivity contribution is 5.86. The van der Waals surface area contributed by atoms with Gasteiger partial charge < -0.3 is 23.8 Å². The Labute approximate surface area is 286 Å². The van der Waals surface area contributed by atoms with Crippen molar-refractivity contribution in [2.24, 2.45) is 0 Å². The quantitative estimate of drug-likeness (QED) is 0.0704. The van der Waals surface area contributed by atoms with Crippen molar-refractivity contribution in [3.05, 3.63) is 113 Å². The minimum Gasteiger partial charge on any atom is -0.379 e. The second kappa shape index (κ2) is 14.0. The normalized spacial score (nSPS) is 20.8. The molecule has 2 unspecified atom stereocenters. The monoisotopic (exact) mass is 697 g/mol. The molecule has 4 aromatic carbocycles. The lowest BCUT2D eigenvalue weighted by Gasteiger charge is -2.34. The Morgan fingerprint density at radius 3 is 1.84 bits per heavy atom. The highest BCUT2D eigenvalue weighted by Gasteiger charge is 2.44. The van der Waals surface area contributed by atoms with Crippen molar-refractivity contribution in [2.45, 2.75) is 55.7 Å². The average molecular weight is 698 g/mol. The summed E-state index contributed by atoms with van der Waals surface area (Å²) in [5.41, 5.74) is 1.22. The van der Waals surface area contributed by atoms with E-state index >= 15 is 0 Å². The van der Waals surface area contributed by atoms with Gasteiger partial charge in [0.1, 0.15) is 12.2 Å². The fourth-order valence-corrected chi connectivity index (χ4v) is 7.09. The van der Waals surface area contributed by atoms with Gasteiger partial charge in [-0.25, -0.2) is 0 Å². The third kappa shape index (κ3) is 7.42. The molecule has 2 saturated heterocycles. The zero-order chi connectivity index (χ0) is 34.9. The minimum atomic E-state index is -5.06. The predicted molar refractivity (Wildman–Crippen MR) is 177 cm³/mol. The largest absolute Gasteiger partial charge is 0.418 e. The van der Waals surface area contributed by atoms with Crippen LogP contribution in [-0.2, 0) is 36.7 Å². The molecule has 0 amide bonds. The van der Waals surface area contributed by atoms with Crippen LogP contribution in [-0.4, -0.2) is 51.8 Å². The van der Waals surface area contributed by atoms with E-state index in [2.05, 4.69) is 12.1 Å². The summed E-state index contributed by atoms with van der Waals surface area (Å²) < 4.78 is 107. The van der Waals surface area contributed by atoms with Gasteiger partial charge in [0, 0.05) is 30.0 Å². The standard InChI is InChI=1S/C39H37F6NO4/c40-38(41,42)26-12-15-36(35(20-26)39(43,44)45)46(27-8-2-1-3-9-27)28-13-14-32-31-10-4-5-11-33(31)37(34(32)21-28,16-6-18-47-22-29-24-49-29)17-7-19-48-23-30-25-50-30/h1-5,8-15,20-21,29-30H,6-7,16-19,22-25H2. The highest BCUT2D eigenvalue weighted by atomic mass is 19.4. The summed E-state index contributed by atoms with van der Waals surface area (Å²) in [7, 11) is 0. The maximum atomic E-state index is 14.6. The molecule has 0 spiro atoms. The van der Waals surface area contributed by atoms with Crippen molar-refractivity contribution in [1.29, 1.82) is 0 Å².